The first-order valence-electron chi connectivity index (χ1n) is 11.5. The first-order valence-corrected chi connectivity index (χ1v) is 12.9. The summed E-state index contributed by atoms with van der Waals surface area (Å²) < 4.78 is 0. The molecule has 2 rings (SSSR count). The van der Waals surface area contributed by atoms with E-state index in [1.165, 1.54) is 5.56 Å². The van der Waals surface area contributed by atoms with E-state index < -0.39 is 5.41 Å². The fourth-order valence-corrected chi connectivity index (χ4v) is 4.59. The van der Waals surface area contributed by atoms with Gasteiger partial charge in [0.15, 0.2) is 0 Å². The number of nitrogens with zero attached hydrogens (tertiary/aromatic N) is 1. The Balaban J connectivity index is 1.96. The normalized spacial score (nSPS) is 14.9. The van der Waals surface area contributed by atoms with Gasteiger partial charge in [0.25, 0.3) is 0 Å². The molecule has 0 aliphatic heterocycles. The number of hydrogen-bond donors (Lipinski definition) is 2. The molecule has 0 bridgehead atoms. The summed E-state index contributed by atoms with van der Waals surface area (Å²) in [7, 11) is 0. The van der Waals surface area contributed by atoms with E-state index in [4.69, 9.17) is 0 Å². The second kappa shape index (κ2) is 13.3. The highest BCUT2D eigenvalue weighted by Crippen LogP contribution is 2.36. The second-order valence-electron chi connectivity index (χ2n) is 8.63. The molecule has 2 aromatic rings. The van der Waals surface area contributed by atoms with E-state index in [0.29, 0.717) is 6.54 Å². The lowest BCUT2D eigenvalue weighted by Gasteiger charge is -2.31. The van der Waals surface area contributed by atoms with E-state index in [-0.39, 0.29) is 23.9 Å². The average molecular weight is 452 g/mol. The third-order valence-electron chi connectivity index (χ3n) is 6.20. The highest BCUT2D eigenvalue weighted by atomic mass is 32.2. The molecule has 0 spiro atoms. The lowest BCUT2D eigenvalue weighted by molar-refractivity contribution is -0.123. The van der Waals surface area contributed by atoms with Crippen LogP contribution in [-0.2, 0) is 10.2 Å². The number of thioether (sulfide) groups is 1. The summed E-state index contributed by atoms with van der Waals surface area (Å²) in [6.07, 6.45) is 4.32. The fourth-order valence-electron chi connectivity index (χ4n) is 4.12. The zero-order chi connectivity index (χ0) is 23.4. The van der Waals surface area contributed by atoms with Crippen molar-refractivity contribution in [1.82, 2.24) is 10.6 Å². The minimum Gasteiger partial charge on any atom is -0.355 e. The number of hydrogen-bond acceptors (Lipinski definition) is 4. The van der Waals surface area contributed by atoms with Crippen molar-refractivity contribution < 1.29 is 4.79 Å². The van der Waals surface area contributed by atoms with Crippen molar-refractivity contribution in [2.75, 3.05) is 18.6 Å². The SMILES string of the molecule is CSCC[C@H](N[C@H](C)c1ccccc1)C(=O)NCCC[C@@](C#N)(c1ccccc1)C(C)C. The molecule has 2 N–H and O–H groups in total. The predicted octanol–water partition coefficient (Wildman–Crippen LogP) is 5.47. The van der Waals surface area contributed by atoms with Crippen LogP contribution in [0.2, 0.25) is 0 Å². The molecule has 0 aliphatic rings. The Morgan fingerprint density at radius 1 is 1.06 bits per heavy atom. The van der Waals surface area contributed by atoms with Crippen LogP contribution in [0.25, 0.3) is 0 Å². The van der Waals surface area contributed by atoms with Crippen LogP contribution in [-0.4, -0.2) is 30.5 Å². The Morgan fingerprint density at radius 3 is 2.25 bits per heavy atom. The standard InChI is InChI=1S/C27H37N3OS/c1-21(2)27(20-28,24-14-9-6-10-15-24)17-11-18-29-26(31)25(16-19-32-4)30-22(3)23-12-7-5-8-13-23/h5-10,12-15,21-22,25,30H,11,16-19H2,1-4H3,(H,29,31)/t22-,25+,27+/m1/s1. The molecule has 4 nitrogen and oxygen atoms in total. The number of nitriles is 1. The molecule has 3 atom stereocenters. The van der Waals surface area contributed by atoms with Gasteiger partial charge >= 0.3 is 0 Å². The van der Waals surface area contributed by atoms with Gasteiger partial charge in [-0.2, -0.15) is 17.0 Å². The van der Waals surface area contributed by atoms with Gasteiger partial charge in [0.05, 0.1) is 17.5 Å². The predicted molar refractivity (Wildman–Crippen MR) is 136 cm³/mol. The number of carbonyl (C=O) groups excluding carboxylic acids is 1. The van der Waals surface area contributed by atoms with Gasteiger partial charge in [-0.1, -0.05) is 74.5 Å². The minimum atomic E-state index is -0.537. The molecule has 1 amide bonds. The molecule has 0 radical (unpaired) electrons. The molecule has 5 heteroatoms. The molecule has 2 aromatic carbocycles. The smallest absolute Gasteiger partial charge is 0.237 e. The quantitative estimate of drug-likeness (QED) is 0.396. The van der Waals surface area contributed by atoms with Gasteiger partial charge in [0.2, 0.25) is 5.91 Å². The first-order chi connectivity index (χ1) is 15.4. The Bertz CT molecular complexity index is 850. The van der Waals surface area contributed by atoms with E-state index in [9.17, 15) is 10.1 Å². The van der Waals surface area contributed by atoms with Crippen LogP contribution in [0.1, 0.15) is 57.2 Å². The molecule has 0 aromatic heterocycles. The highest BCUT2D eigenvalue weighted by Gasteiger charge is 2.35. The maximum absolute atomic E-state index is 13.0. The van der Waals surface area contributed by atoms with E-state index in [0.717, 1.165) is 30.6 Å². The Hall–Kier alpha value is -2.29. The Morgan fingerprint density at radius 2 is 1.69 bits per heavy atom. The lowest BCUT2D eigenvalue weighted by Crippen LogP contribution is -2.46. The topological polar surface area (TPSA) is 64.9 Å². The molecule has 0 unspecified atom stereocenters. The summed E-state index contributed by atoms with van der Waals surface area (Å²) in [6.45, 7) is 6.86. The number of carbonyl (C=O) groups is 1. The summed E-state index contributed by atoms with van der Waals surface area (Å²) in [5.41, 5.74) is 1.69. The maximum Gasteiger partial charge on any atom is 0.237 e. The molecule has 172 valence electrons. The van der Waals surface area contributed by atoms with Crippen LogP contribution >= 0.6 is 11.8 Å². The van der Waals surface area contributed by atoms with Crippen LogP contribution < -0.4 is 10.6 Å². The van der Waals surface area contributed by atoms with Gasteiger partial charge in [-0.05, 0) is 55.2 Å². The number of amides is 1. The highest BCUT2D eigenvalue weighted by molar-refractivity contribution is 7.98. The van der Waals surface area contributed by atoms with Crippen molar-refractivity contribution in [3.05, 3.63) is 71.8 Å². The zero-order valence-electron chi connectivity index (χ0n) is 19.8. The molecule has 0 saturated heterocycles. The van der Waals surface area contributed by atoms with Crippen molar-refractivity contribution in [3.63, 3.8) is 0 Å². The summed E-state index contributed by atoms with van der Waals surface area (Å²) in [5, 5.41) is 16.7. The fraction of sp³-hybridized carbons (Fsp3) is 0.481. The molecular weight excluding hydrogens is 414 g/mol. The van der Waals surface area contributed by atoms with Crippen molar-refractivity contribution in [3.8, 4) is 6.07 Å². The number of rotatable bonds is 13. The van der Waals surface area contributed by atoms with Crippen molar-refractivity contribution in [1.29, 1.82) is 5.26 Å². The summed E-state index contributed by atoms with van der Waals surface area (Å²) >= 11 is 1.75. The maximum atomic E-state index is 13.0. The number of nitrogens with one attached hydrogen (secondary N) is 2. The third-order valence-corrected chi connectivity index (χ3v) is 6.84. The van der Waals surface area contributed by atoms with Gasteiger partial charge in [0, 0.05) is 12.6 Å². The lowest BCUT2D eigenvalue weighted by atomic mass is 9.70. The van der Waals surface area contributed by atoms with Crippen molar-refractivity contribution in [2.45, 2.75) is 57.5 Å². The van der Waals surface area contributed by atoms with Crippen LogP contribution in [0.15, 0.2) is 60.7 Å². The second-order valence-corrected chi connectivity index (χ2v) is 9.62. The largest absolute Gasteiger partial charge is 0.355 e. The Labute approximate surface area is 198 Å². The minimum absolute atomic E-state index is 0.0358. The molecular formula is C27H37N3OS. The van der Waals surface area contributed by atoms with Gasteiger partial charge < -0.3 is 5.32 Å². The molecule has 0 aliphatic carbocycles. The van der Waals surface area contributed by atoms with Crippen molar-refractivity contribution in [2.24, 2.45) is 5.92 Å². The van der Waals surface area contributed by atoms with Crippen LogP contribution in [0.4, 0.5) is 0 Å². The molecule has 0 heterocycles. The van der Waals surface area contributed by atoms with E-state index >= 15 is 0 Å². The van der Waals surface area contributed by atoms with Gasteiger partial charge in [-0.3, -0.25) is 10.1 Å². The van der Waals surface area contributed by atoms with E-state index in [2.05, 4.69) is 55.9 Å². The van der Waals surface area contributed by atoms with Crippen LogP contribution in [0.3, 0.4) is 0 Å². The van der Waals surface area contributed by atoms with Gasteiger partial charge in [0.1, 0.15) is 0 Å². The molecule has 0 fully saturated rings. The monoisotopic (exact) mass is 451 g/mol. The van der Waals surface area contributed by atoms with Crippen molar-refractivity contribution >= 4 is 17.7 Å². The zero-order valence-corrected chi connectivity index (χ0v) is 20.6. The molecule has 32 heavy (non-hydrogen) atoms. The third kappa shape index (κ3) is 7.12. The Kier molecular flexibility index (Phi) is 10.8. The van der Waals surface area contributed by atoms with E-state index in [1.54, 1.807) is 11.8 Å². The average Bonchev–Trinajstić information content (AvgIpc) is 2.82. The van der Waals surface area contributed by atoms with Crippen LogP contribution in [0, 0.1) is 17.2 Å². The summed E-state index contributed by atoms with van der Waals surface area (Å²) in [4.78, 5) is 13.0. The van der Waals surface area contributed by atoms with Gasteiger partial charge in [-0.25, -0.2) is 0 Å². The first kappa shape index (κ1) is 26.0. The van der Waals surface area contributed by atoms with Gasteiger partial charge in [-0.15, -0.1) is 0 Å². The number of benzene rings is 2. The van der Waals surface area contributed by atoms with E-state index in [1.807, 2.05) is 48.5 Å². The molecule has 0 saturated carbocycles. The van der Waals surface area contributed by atoms with Crippen LogP contribution in [0.5, 0.6) is 0 Å². The summed E-state index contributed by atoms with van der Waals surface area (Å²) in [5.74, 6) is 1.15. The summed E-state index contributed by atoms with van der Waals surface area (Å²) in [6, 6.07) is 22.7.